The number of aromatic amines is 1. The number of carbonyl (C=O) groups excluding carboxylic acids is 1. The highest BCUT2D eigenvalue weighted by atomic mass is 16.2. The van der Waals surface area contributed by atoms with Gasteiger partial charge in [0.1, 0.15) is 0 Å². The van der Waals surface area contributed by atoms with Crippen molar-refractivity contribution in [2.24, 2.45) is 11.8 Å². The van der Waals surface area contributed by atoms with Crippen molar-refractivity contribution in [2.75, 3.05) is 18.4 Å². The lowest BCUT2D eigenvalue weighted by atomic mass is 9.88. The Morgan fingerprint density at radius 3 is 2.87 bits per heavy atom. The second kappa shape index (κ2) is 4.02. The van der Waals surface area contributed by atoms with Gasteiger partial charge in [-0.05, 0) is 25.9 Å². The Labute approximate surface area is 88.6 Å². The normalized spacial score (nSPS) is 18.3. The number of carbonyl (C=O) groups is 1. The molecule has 15 heavy (non-hydrogen) atoms. The molecule has 5 nitrogen and oxygen atoms in total. The zero-order valence-corrected chi connectivity index (χ0v) is 9.00. The van der Waals surface area contributed by atoms with E-state index < -0.39 is 0 Å². The molecule has 1 atom stereocenters. The Bertz CT molecular complexity index is 356. The Balaban J connectivity index is 1.91. The van der Waals surface area contributed by atoms with Crippen LogP contribution in [-0.4, -0.2) is 29.2 Å². The van der Waals surface area contributed by atoms with Gasteiger partial charge in [0, 0.05) is 17.7 Å². The predicted octanol–water partition coefficient (Wildman–Crippen LogP) is 0.512. The minimum absolute atomic E-state index is 0.0447. The zero-order valence-electron chi connectivity index (χ0n) is 9.00. The molecule has 1 aliphatic rings. The molecule has 1 aromatic rings. The zero-order chi connectivity index (χ0) is 10.8. The van der Waals surface area contributed by atoms with Gasteiger partial charge in [-0.2, -0.15) is 5.10 Å². The maximum atomic E-state index is 11.8. The average molecular weight is 208 g/mol. The third-order valence-electron chi connectivity index (χ3n) is 2.89. The van der Waals surface area contributed by atoms with Crippen LogP contribution in [0.4, 0.5) is 5.82 Å². The molecule has 1 fully saturated rings. The number of aryl methyl sites for hydroxylation is 1. The Morgan fingerprint density at radius 2 is 2.40 bits per heavy atom. The van der Waals surface area contributed by atoms with Crippen LogP contribution in [0.15, 0.2) is 6.07 Å². The number of nitrogens with one attached hydrogen (secondary N) is 3. The molecule has 2 rings (SSSR count). The van der Waals surface area contributed by atoms with Crippen LogP contribution in [0.5, 0.6) is 0 Å². The van der Waals surface area contributed by atoms with E-state index in [0.717, 1.165) is 18.8 Å². The van der Waals surface area contributed by atoms with Crippen molar-refractivity contribution in [1.29, 1.82) is 0 Å². The molecule has 0 aromatic carbocycles. The Kier molecular flexibility index (Phi) is 2.73. The molecule has 3 N–H and O–H groups in total. The van der Waals surface area contributed by atoms with Crippen LogP contribution in [0.1, 0.15) is 12.6 Å². The molecule has 1 aliphatic heterocycles. The minimum atomic E-state index is 0.0447. The second-order valence-corrected chi connectivity index (χ2v) is 4.13. The number of H-pyrrole nitrogens is 1. The van der Waals surface area contributed by atoms with E-state index in [2.05, 4.69) is 20.8 Å². The molecular formula is C10H16N4O. The summed E-state index contributed by atoms with van der Waals surface area (Å²) < 4.78 is 0. The fraction of sp³-hybridized carbons (Fsp3) is 0.600. The molecule has 1 aromatic heterocycles. The van der Waals surface area contributed by atoms with Crippen molar-refractivity contribution in [3.05, 3.63) is 11.8 Å². The Morgan fingerprint density at radius 1 is 1.67 bits per heavy atom. The van der Waals surface area contributed by atoms with E-state index in [1.165, 1.54) is 0 Å². The molecule has 1 saturated heterocycles. The predicted molar refractivity (Wildman–Crippen MR) is 57.5 cm³/mol. The molecule has 0 radical (unpaired) electrons. The van der Waals surface area contributed by atoms with Gasteiger partial charge in [0.2, 0.25) is 5.91 Å². The lowest BCUT2D eigenvalue weighted by Gasteiger charge is -2.31. The molecule has 0 saturated carbocycles. The molecule has 1 unspecified atom stereocenters. The summed E-state index contributed by atoms with van der Waals surface area (Å²) in [5, 5.41) is 12.7. The van der Waals surface area contributed by atoms with Crippen LogP contribution in [0.3, 0.4) is 0 Å². The SMILES string of the molecule is Cc1cc(NC(=O)C(C)C2CNC2)n[nH]1. The molecular weight excluding hydrogens is 192 g/mol. The second-order valence-electron chi connectivity index (χ2n) is 4.13. The number of hydrogen-bond donors (Lipinski definition) is 3. The van der Waals surface area contributed by atoms with Gasteiger partial charge in [0.15, 0.2) is 5.82 Å². The van der Waals surface area contributed by atoms with Crippen molar-refractivity contribution in [3.8, 4) is 0 Å². The summed E-state index contributed by atoms with van der Waals surface area (Å²) in [7, 11) is 0. The highest BCUT2D eigenvalue weighted by molar-refractivity contribution is 5.91. The molecule has 82 valence electrons. The summed E-state index contributed by atoms with van der Waals surface area (Å²) in [6, 6.07) is 1.82. The maximum Gasteiger partial charge on any atom is 0.228 e. The first-order valence-electron chi connectivity index (χ1n) is 5.20. The molecule has 0 bridgehead atoms. The first kappa shape index (κ1) is 10.2. The number of amides is 1. The lowest BCUT2D eigenvalue weighted by Crippen LogP contribution is -2.48. The largest absolute Gasteiger partial charge is 0.316 e. The summed E-state index contributed by atoms with van der Waals surface area (Å²) in [5.74, 6) is 1.16. The van der Waals surface area contributed by atoms with E-state index >= 15 is 0 Å². The van der Waals surface area contributed by atoms with Crippen molar-refractivity contribution >= 4 is 11.7 Å². The van der Waals surface area contributed by atoms with E-state index in [1.807, 2.05) is 19.9 Å². The van der Waals surface area contributed by atoms with Crippen molar-refractivity contribution < 1.29 is 4.79 Å². The third kappa shape index (κ3) is 2.18. The molecule has 1 amide bonds. The molecule has 0 spiro atoms. The first-order chi connectivity index (χ1) is 7.16. The summed E-state index contributed by atoms with van der Waals surface area (Å²) in [5.41, 5.74) is 0.947. The van der Waals surface area contributed by atoms with Crippen LogP contribution in [-0.2, 0) is 4.79 Å². The highest BCUT2D eigenvalue weighted by Gasteiger charge is 2.28. The number of aromatic nitrogens is 2. The number of hydrogen-bond acceptors (Lipinski definition) is 3. The first-order valence-corrected chi connectivity index (χ1v) is 5.20. The molecule has 5 heteroatoms. The van der Waals surface area contributed by atoms with Gasteiger partial charge in [-0.15, -0.1) is 0 Å². The quantitative estimate of drug-likeness (QED) is 0.678. The number of rotatable bonds is 3. The van der Waals surface area contributed by atoms with Gasteiger partial charge in [0.25, 0.3) is 0 Å². The minimum Gasteiger partial charge on any atom is -0.316 e. The summed E-state index contributed by atoms with van der Waals surface area (Å²) >= 11 is 0. The standard InChI is InChI=1S/C10H16N4O/c1-6-3-9(14-13-6)12-10(15)7(2)8-4-11-5-8/h3,7-8,11H,4-5H2,1-2H3,(H2,12,13,14,15). The smallest absolute Gasteiger partial charge is 0.228 e. The van der Waals surface area contributed by atoms with Gasteiger partial charge >= 0.3 is 0 Å². The monoisotopic (exact) mass is 208 g/mol. The van der Waals surface area contributed by atoms with Crippen LogP contribution in [0, 0.1) is 18.8 Å². The van der Waals surface area contributed by atoms with E-state index in [4.69, 9.17) is 0 Å². The summed E-state index contributed by atoms with van der Waals surface area (Å²) in [4.78, 5) is 11.8. The van der Waals surface area contributed by atoms with E-state index in [-0.39, 0.29) is 11.8 Å². The van der Waals surface area contributed by atoms with Crippen molar-refractivity contribution in [3.63, 3.8) is 0 Å². The van der Waals surface area contributed by atoms with Crippen LogP contribution in [0.2, 0.25) is 0 Å². The molecule has 0 aliphatic carbocycles. The fourth-order valence-corrected chi connectivity index (χ4v) is 1.60. The van der Waals surface area contributed by atoms with Crippen molar-refractivity contribution in [2.45, 2.75) is 13.8 Å². The molecule has 2 heterocycles. The lowest BCUT2D eigenvalue weighted by molar-refractivity contribution is -0.121. The van der Waals surface area contributed by atoms with E-state index in [9.17, 15) is 4.79 Å². The fourth-order valence-electron chi connectivity index (χ4n) is 1.60. The van der Waals surface area contributed by atoms with Crippen LogP contribution < -0.4 is 10.6 Å². The summed E-state index contributed by atoms with van der Waals surface area (Å²) in [6.45, 7) is 5.74. The van der Waals surface area contributed by atoms with Crippen LogP contribution in [0.25, 0.3) is 0 Å². The average Bonchev–Trinajstić information content (AvgIpc) is 2.48. The van der Waals surface area contributed by atoms with Gasteiger partial charge in [-0.1, -0.05) is 6.92 Å². The van der Waals surface area contributed by atoms with Crippen LogP contribution >= 0.6 is 0 Å². The van der Waals surface area contributed by atoms with Crippen molar-refractivity contribution in [1.82, 2.24) is 15.5 Å². The van der Waals surface area contributed by atoms with Gasteiger partial charge in [-0.3, -0.25) is 9.89 Å². The third-order valence-corrected chi connectivity index (χ3v) is 2.89. The van der Waals surface area contributed by atoms with Gasteiger partial charge in [-0.25, -0.2) is 0 Å². The van der Waals surface area contributed by atoms with Gasteiger partial charge < -0.3 is 10.6 Å². The van der Waals surface area contributed by atoms with E-state index in [1.54, 1.807) is 0 Å². The number of anilines is 1. The van der Waals surface area contributed by atoms with E-state index in [0.29, 0.717) is 11.7 Å². The van der Waals surface area contributed by atoms with Gasteiger partial charge in [0.05, 0.1) is 0 Å². The number of nitrogens with zero attached hydrogens (tertiary/aromatic N) is 1. The highest BCUT2D eigenvalue weighted by Crippen LogP contribution is 2.17. The Hall–Kier alpha value is -1.36. The topological polar surface area (TPSA) is 69.8 Å². The summed E-state index contributed by atoms with van der Waals surface area (Å²) in [6.07, 6.45) is 0. The maximum absolute atomic E-state index is 11.8.